The van der Waals surface area contributed by atoms with Gasteiger partial charge in [0.05, 0.1) is 13.2 Å². The Morgan fingerprint density at radius 2 is 1.95 bits per heavy atom. The molecule has 4 atom stereocenters. The van der Waals surface area contributed by atoms with Gasteiger partial charge in [-0.2, -0.15) is 0 Å². The molecule has 0 bridgehead atoms. The molecule has 0 amide bonds. The van der Waals surface area contributed by atoms with Gasteiger partial charge in [0.15, 0.2) is 5.79 Å². The Balaban J connectivity index is 1.48. The van der Waals surface area contributed by atoms with Crippen molar-refractivity contribution in [1.82, 2.24) is 0 Å². The Bertz CT molecular complexity index is 630. The second-order valence-electron chi connectivity index (χ2n) is 7.23. The molecule has 3 aliphatic carbocycles. The summed E-state index contributed by atoms with van der Waals surface area (Å²) in [6, 6.07) is 5.97. The molecule has 0 radical (unpaired) electrons. The Hall–Kier alpha value is -1.32. The second kappa shape index (κ2) is 4.59. The number of phenols is 1. The van der Waals surface area contributed by atoms with Crippen LogP contribution in [0.5, 0.6) is 5.75 Å². The van der Waals surface area contributed by atoms with Crippen LogP contribution in [-0.4, -0.2) is 24.1 Å². The lowest BCUT2D eigenvalue weighted by Gasteiger charge is -2.46. The van der Waals surface area contributed by atoms with Crippen molar-refractivity contribution in [3.8, 4) is 5.75 Å². The third kappa shape index (κ3) is 1.70. The molecule has 3 heteroatoms. The quantitative estimate of drug-likeness (QED) is 0.746. The predicted molar refractivity (Wildman–Crippen MR) is 82.6 cm³/mol. The minimum Gasteiger partial charge on any atom is -0.508 e. The number of ether oxygens (including phenoxy) is 2. The number of hydrogen-bond acceptors (Lipinski definition) is 3. The highest BCUT2D eigenvalue weighted by atomic mass is 16.7. The maximum absolute atomic E-state index is 9.73. The number of phenolic OH excluding ortho intramolecular Hbond substituents is 1. The Kier molecular flexibility index (Phi) is 2.74. The zero-order chi connectivity index (χ0) is 14.7. The molecular weight excluding hydrogens is 276 g/mol. The fourth-order valence-corrected chi connectivity index (χ4v) is 5.47. The molecule has 4 aliphatic rings. The molecular formula is C19H22O3. The third-order valence-electron chi connectivity index (χ3n) is 6.34. The van der Waals surface area contributed by atoms with E-state index in [1.165, 1.54) is 30.4 Å². The van der Waals surface area contributed by atoms with E-state index < -0.39 is 5.79 Å². The topological polar surface area (TPSA) is 38.7 Å². The van der Waals surface area contributed by atoms with Crippen LogP contribution in [0.25, 0.3) is 0 Å². The van der Waals surface area contributed by atoms with Crippen molar-refractivity contribution >= 4 is 0 Å². The van der Waals surface area contributed by atoms with Gasteiger partial charge in [-0.15, -0.1) is 0 Å². The molecule has 1 unspecified atom stereocenters. The van der Waals surface area contributed by atoms with Crippen LogP contribution in [0.1, 0.15) is 36.3 Å². The van der Waals surface area contributed by atoms with Crippen molar-refractivity contribution in [2.75, 3.05) is 13.2 Å². The molecule has 2 fully saturated rings. The molecule has 0 aromatic heterocycles. The molecule has 1 saturated heterocycles. The van der Waals surface area contributed by atoms with Crippen LogP contribution >= 0.6 is 0 Å². The first kappa shape index (κ1) is 13.1. The van der Waals surface area contributed by atoms with Crippen molar-refractivity contribution in [3.05, 3.63) is 41.5 Å². The first-order valence-corrected chi connectivity index (χ1v) is 8.56. The molecule has 116 valence electrons. The number of aryl methyl sites for hydroxylation is 1. The van der Waals surface area contributed by atoms with Gasteiger partial charge in [-0.05, 0) is 72.8 Å². The van der Waals surface area contributed by atoms with Crippen LogP contribution in [0.4, 0.5) is 0 Å². The molecule has 3 nitrogen and oxygen atoms in total. The van der Waals surface area contributed by atoms with Gasteiger partial charge in [0, 0.05) is 5.92 Å². The van der Waals surface area contributed by atoms with E-state index in [2.05, 4.69) is 18.2 Å². The highest BCUT2D eigenvalue weighted by Gasteiger charge is 2.54. The number of rotatable bonds is 0. The fourth-order valence-electron chi connectivity index (χ4n) is 5.47. The molecule has 1 N–H and O–H groups in total. The van der Waals surface area contributed by atoms with E-state index in [1.807, 2.05) is 12.1 Å². The monoisotopic (exact) mass is 298 g/mol. The summed E-state index contributed by atoms with van der Waals surface area (Å²) in [5.41, 5.74) is 2.82. The molecule has 22 heavy (non-hydrogen) atoms. The van der Waals surface area contributed by atoms with Crippen LogP contribution in [0.15, 0.2) is 30.4 Å². The van der Waals surface area contributed by atoms with Gasteiger partial charge in [-0.3, -0.25) is 0 Å². The van der Waals surface area contributed by atoms with Gasteiger partial charge in [-0.25, -0.2) is 0 Å². The summed E-state index contributed by atoms with van der Waals surface area (Å²) in [5, 5.41) is 9.73. The molecule has 5 rings (SSSR count). The van der Waals surface area contributed by atoms with Gasteiger partial charge in [0.25, 0.3) is 0 Å². The predicted octanol–water partition coefficient (Wildman–Crippen LogP) is 3.38. The van der Waals surface area contributed by atoms with Crippen molar-refractivity contribution in [2.24, 2.45) is 17.8 Å². The lowest BCUT2D eigenvalue weighted by atomic mass is 9.60. The normalized spacial score (nSPS) is 37.8. The van der Waals surface area contributed by atoms with Gasteiger partial charge < -0.3 is 14.6 Å². The molecule has 1 heterocycles. The van der Waals surface area contributed by atoms with Crippen LogP contribution in [0.3, 0.4) is 0 Å². The number of fused-ring (bicyclic) bond motifs is 6. The standard InChI is InChI=1S/C19H22O3/c20-13-2-4-14-12(11-13)1-3-16-15(14)5-6-18-17(16)7-8-19(18)21-9-10-22-19/h2,4,7-8,11,15-18,20H,1,3,5-6,9-10H2/t15-,16-,17+,18?/m1/s1. The van der Waals surface area contributed by atoms with Gasteiger partial charge in [-0.1, -0.05) is 12.1 Å². The van der Waals surface area contributed by atoms with Crippen molar-refractivity contribution in [2.45, 2.75) is 37.4 Å². The number of aromatic hydroxyl groups is 1. The van der Waals surface area contributed by atoms with Crippen LogP contribution in [0, 0.1) is 17.8 Å². The summed E-state index contributed by atoms with van der Waals surface area (Å²) in [4.78, 5) is 0. The Morgan fingerprint density at radius 3 is 2.82 bits per heavy atom. The van der Waals surface area contributed by atoms with E-state index in [0.29, 0.717) is 29.4 Å². The summed E-state index contributed by atoms with van der Waals surface area (Å²) in [7, 11) is 0. The van der Waals surface area contributed by atoms with Gasteiger partial charge in [0.2, 0.25) is 0 Å². The van der Waals surface area contributed by atoms with Gasteiger partial charge >= 0.3 is 0 Å². The first-order valence-electron chi connectivity index (χ1n) is 8.56. The SMILES string of the molecule is Oc1ccc2c(c1)CC[C@@H]1[C@@H]2CCC2[C@H]1C=CC21OCCO1. The summed E-state index contributed by atoms with van der Waals surface area (Å²) in [6.07, 6.45) is 9.24. The first-order chi connectivity index (χ1) is 10.8. The lowest BCUT2D eigenvalue weighted by Crippen LogP contribution is -2.44. The number of hydrogen-bond donors (Lipinski definition) is 1. The lowest BCUT2D eigenvalue weighted by molar-refractivity contribution is -0.169. The second-order valence-corrected chi connectivity index (χ2v) is 7.23. The Labute approximate surface area is 130 Å². The smallest absolute Gasteiger partial charge is 0.191 e. The average Bonchev–Trinajstić information content (AvgIpc) is 3.15. The largest absolute Gasteiger partial charge is 0.508 e. The molecule has 1 spiro atoms. The van der Waals surface area contributed by atoms with Crippen molar-refractivity contribution in [3.63, 3.8) is 0 Å². The summed E-state index contributed by atoms with van der Waals surface area (Å²) in [6.45, 7) is 1.45. The van der Waals surface area contributed by atoms with E-state index >= 15 is 0 Å². The van der Waals surface area contributed by atoms with Crippen molar-refractivity contribution in [1.29, 1.82) is 0 Å². The van der Waals surface area contributed by atoms with E-state index in [4.69, 9.17) is 9.47 Å². The molecule has 1 saturated carbocycles. The van der Waals surface area contributed by atoms with E-state index in [0.717, 1.165) is 19.6 Å². The zero-order valence-corrected chi connectivity index (χ0v) is 12.7. The van der Waals surface area contributed by atoms with Crippen molar-refractivity contribution < 1.29 is 14.6 Å². The summed E-state index contributed by atoms with van der Waals surface area (Å²) in [5.74, 6) is 2.39. The highest BCUT2D eigenvalue weighted by Crippen LogP contribution is 2.57. The van der Waals surface area contributed by atoms with Gasteiger partial charge in [0.1, 0.15) is 5.75 Å². The number of benzene rings is 1. The molecule has 1 aromatic carbocycles. The Morgan fingerprint density at radius 1 is 1.09 bits per heavy atom. The third-order valence-corrected chi connectivity index (χ3v) is 6.34. The fraction of sp³-hybridized carbons (Fsp3) is 0.579. The zero-order valence-electron chi connectivity index (χ0n) is 12.7. The van der Waals surface area contributed by atoms with E-state index in [1.54, 1.807) is 0 Å². The molecule has 1 aromatic rings. The van der Waals surface area contributed by atoms with Crippen LogP contribution < -0.4 is 0 Å². The maximum Gasteiger partial charge on any atom is 0.191 e. The summed E-state index contributed by atoms with van der Waals surface area (Å²) < 4.78 is 12.0. The maximum atomic E-state index is 9.73. The minimum atomic E-state index is -0.412. The van der Waals surface area contributed by atoms with Crippen LogP contribution in [-0.2, 0) is 15.9 Å². The van der Waals surface area contributed by atoms with Crippen LogP contribution in [0.2, 0.25) is 0 Å². The average molecular weight is 298 g/mol. The highest BCUT2D eigenvalue weighted by molar-refractivity contribution is 5.40. The molecule has 1 aliphatic heterocycles. The number of allylic oxidation sites excluding steroid dienone is 1. The van der Waals surface area contributed by atoms with E-state index in [-0.39, 0.29) is 0 Å². The summed E-state index contributed by atoms with van der Waals surface area (Å²) >= 11 is 0. The minimum absolute atomic E-state index is 0.401. The van der Waals surface area contributed by atoms with E-state index in [9.17, 15) is 5.11 Å².